The maximum atomic E-state index is 12.9. The molecule has 2 N–H and O–H groups in total. The third-order valence-electron chi connectivity index (χ3n) is 5.60. The molecule has 0 radical (unpaired) electrons. The Morgan fingerprint density at radius 3 is 2.59 bits per heavy atom. The quantitative estimate of drug-likeness (QED) is 0.742. The number of nitrogens with one attached hydrogen (secondary N) is 1. The topological polar surface area (TPSA) is 61.8 Å². The Hall–Kier alpha value is -2.37. The van der Waals surface area contributed by atoms with Crippen LogP contribution < -0.4 is 10.1 Å². The van der Waals surface area contributed by atoms with Gasteiger partial charge in [0, 0.05) is 35.7 Å². The van der Waals surface area contributed by atoms with Gasteiger partial charge in [-0.25, -0.2) is 0 Å². The number of piperidine rings is 1. The lowest BCUT2D eigenvalue weighted by Gasteiger charge is -2.36. The van der Waals surface area contributed by atoms with Crippen LogP contribution in [0.4, 0.5) is 5.69 Å². The smallest absolute Gasteiger partial charge is 0.227 e. The summed E-state index contributed by atoms with van der Waals surface area (Å²) in [7, 11) is 1.65. The maximum Gasteiger partial charge on any atom is 0.227 e. The largest absolute Gasteiger partial charge is 0.497 e. The molecule has 0 aliphatic carbocycles. The maximum absolute atomic E-state index is 12.9. The number of amides is 1. The molecular formula is C24H32N2O3. The van der Waals surface area contributed by atoms with E-state index in [1.807, 2.05) is 48.5 Å². The minimum atomic E-state index is -0.106. The number of ether oxygens (including phenoxy) is 1. The van der Waals surface area contributed by atoms with Crippen LogP contribution in [0.5, 0.6) is 5.75 Å². The molecule has 29 heavy (non-hydrogen) atoms. The Morgan fingerprint density at radius 1 is 1.17 bits per heavy atom. The van der Waals surface area contributed by atoms with Crippen LogP contribution in [0.2, 0.25) is 0 Å². The fourth-order valence-corrected chi connectivity index (χ4v) is 3.88. The fourth-order valence-electron chi connectivity index (χ4n) is 3.88. The van der Waals surface area contributed by atoms with E-state index in [-0.39, 0.29) is 23.8 Å². The minimum Gasteiger partial charge on any atom is -0.497 e. The van der Waals surface area contributed by atoms with Gasteiger partial charge in [0.2, 0.25) is 5.91 Å². The number of hydrogen-bond acceptors (Lipinski definition) is 4. The zero-order valence-corrected chi connectivity index (χ0v) is 17.6. The monoisotopic (exact) mass is 396 g/mol. The van der Waals surface area contributed by atoms with Crippen LogP contribution in [-0.4, -0.2) is 49.3 Å². The molecular weight excluding hydrogens is 364 g/mol. The molecule has 5 heteroatoms. The van der Waals surface area contributed by atoms with Crippen molar-refractivity contribution in [1.82, 2.24) is 4.90 Å². The van der Waals surface area contributed by atoms with Gasteiger partial charge in [0.15, 0.2) is 0 Å². The second kappa shape index (κ2) is 9.42. The molecule has 1 aliphatic rings. The van der Waals surface area contributed by atoms with Gasteiger partial charge in [0.25, 0.3) is 0 Å². The molecule has 1 heterocycles. The van der Waals surface area contributed by atoms with E-state index in [4.69, 9.17) is 4.74 Å². The molecule has 0 atom stereocenters. The summed E-state index contributed by atoms with van der Waals surface area (Å²) >= 11 is 0. The van der Waals surface area contributed by atoms with E-state index in [0.717, 1.165) is 55.0 Å². The summed E-state index contributed by atoms with van der Waals surface area (Å²) in [4.78, 5) is 15.3. The number of anilines is 1. The number of carbonyl (C=O) groups excluding carboxylic acids is 1. The van der Waals surface area contributed by atoms with Crippen LogP contribution in [0.15, 0.2) is 48.5 Å². The van der Waals surface area contributed by atoms with E-state index in [2.05, 4.69) is 24.1 Å². The summed E-state index contributed by atoms with van der Waals surface area (Å²) in [5.41, 5.74) is 2.72. The molecule has 2 aromatic rings. The standard InChI is InChI=1S/C24H32N2O3/c1-24(2,17-27)16-26-13-11-18(12-14-26)23(28)25-22-10-5-4-9-21(22)19-7-6-8-20(15-19)29-3/h4-10,15,18,27H,11-14,16-17H2,1-3H3,(H,25,28). The number of hydrogen-bond donors (Lipinski definition) is 2. The second-order valence-corrected chi connectivity index (χ2v) is 8.64. The van der Waals surface area contributed by atoms with Crippen LogP contribution in [0.3, 0.4) is 0 Å². The van der Waals surface area contributed by atoms with Crippen molar-refractivity contribution >= 4 is 11.6 Å². The lowest BCUT2D eigenvalue weighted by atomic mass is 9.90. The molecule has 1 fully saturated rings. The fraction of sp³-hybridized carbons (Fsp3) is 0.458. The van der Waals surface area contributed by atoms with Crippen molar-refractivity contribution < 1.29 is 14.6 Å². The number of aliphatic hydroxyl groups is 1. The number of methoxy groups -OCH3 is 1. The summed E-state index contributed by atoms with van der Waals surface area (Å²) in [5.74, 6) is 0.894. The predicted octanol–water partition coefficient (Wildman–Crippen LogP) is 4.03. The summed E-state index contributed by atoms with van der Waals surface area (Å²) < 4.78 is 5.34. The van der Waals surface area contributed by atoms with Crippen LogP contribution in [0.25, 0.3) is 11.1 Å². The Balaban J connectivity index is 1.65. The highest BCUT2D eigenvalue weighted by atomic mass is 16.5. The van der Waals surface area contributed by atoms with Gasteiger partial charge in [-0.1, -0.05) is 44.2 Å². The van der Waals surface area contributed by atoms with Gasteiger partial charge in [-0.3, -0.25) is 4.79 Å². The number of likely N-dealkylation sites (tertiary alicyclic amines) is 1. The number of rotatable bonds is 7. The van der Waals surface area contributed by atoms with E-state index in [1.165, 1.54) is 0 Å². The summed E-state index contributed by atoms with van der Waals surface area (Å²) in [5, 5.41) is 12.6. The van der Waals surface area contributed by atoms with Crippen molar-refractivity contribution in [1.29, 1.82) is 0 Å². The number of benzene rings is 2. The highest BCUT2D eigenvalue weighted by Crippen LogP contribution is 2.31. The first-order chi connectivity index (χ1) is 13.9. The molecule has 3 rings (SSSR count). The van der Waals surface area contributed by atoms with Gasteiger partial charge in [0.05, 0.1) is 7.11 Å². The molecule has 1 saturated heterocycles. The van der Waals surface area contributed by atoms with Crippen molar-refractivity contribution in [3.05, 3.63) is 48.5 Å². The van der Waals surface area contributed by atoms with Gasteiger partial charge in [-0.15, -0.1) is 0 Å². The highest BCUT2D eigenvalue weighted by molar-refractivity contribution is 5.96. The molecule has 0 bridgehead atoms. The lowest BCUT2D eigenvalue weighted by Crippen LogP contribution is -2.43. The molecule has 0 saturated carbocycles. The zero-order valence-electron chi connectivity index (χ0n) is 17.6. The van der Waals surface area contributed by atoms with Gasteiger partial charge in [-0.05, 0) is 49.7 Å². The molecule has 156 valence electrons. The van der Waals surface area contributed by atoms with Crippen molar-refractivity contribution in [2.45, 2.75) is 26.7 Å². The highest BCUT2D eigenvalue weighted by Gasteiger charge is 2.28. The molecule has 5 nitrogen and oxygen atoms in total. The molecule has 0 aromatic heterocycles. The van der Waals surface area contributed by atoms with Crippen LogP contribution in [0, 0.1) is 11.3 Å². The zero-order chi connectivity index (χ0) is 20.9. The Bertz CT molecular complexity index is 826. The summed E-state index contributed by atoms with van der Waals surface area (Å²) in [6, 6.07) is 15.8. The molecule has 2 aromatic carbocycles. The second-order valence-electron chi connectivity index (χ2n) is 8.64. The number of carbonyl (C=O) groups is 1. The van der Waals surface area contributed by atoms with Crippen molar-refractivity contribution in [3.8, 4) is 16.9 Å². The molecule has 0 spiro atoms. The SMILES string of the molecule is COc1cccc(-c2ccccc2NC(=O)C2CCN(CC(C)(C)CO)CC2)c1. The summed E-state index contributed by atoms with van der Waals surface area (Å²) in [6.45, 7) is 6.95. The van der Waals surface area contributed by atoms with Gasteiger partial charge >= 0.3 is 0 Å². The van der Waals surface area contributed by atoms with Crippen LogP contribution >= 0.6 is 0 Å². The molecule has 1 aliphatic heterocycles. The van der Waals surface area contributed by atoms with Gasteiger partial charge < -0.3 is 20.1 Å². The number of aliphatic hydroxyl groups excluding tert-OH is 1. The number of nitrogens with zero attached hydrogens (tertiary/aromatic N) is 1. The Kier molecular flexibility index (Phi) is 6.93. The predicted molar refractivity (Wildman–Crippen MR) is 117 cm³/mol. The Morgan fingerprint density at radius 2 is 1.90 bits per heavy atom. The van der Waals surface area contributed by atoms with Crippen molar-refractivity contribution in [2.75, 3.05) is 38.7 Å². The van der Waals surface area contributed by atoms with Crippen LogP contribution in [0.1, 0.15) is 26.7 Å². The molecule has 0 unspecified atom stereocenters. The first-order valence-corrected chi connectivity index (χ1v) is 10.3. The average molecular weight is 397 g/mol. The molecule has 1 amide bonds. The minimum absolute atomic E-state index is 0.0156. The first kappa shape index (κ1) is 21.3. The summed E-state index contributed by atoms with van der Waals surface area (Å²) in [6.07, 6.45) is 1.68. The van der Waals surface area contributed by atoms with E-state index in [0.29, 0.717) is 0 Å². The van der Waals surface area contributed by atoms with E-state index in [9.17, 15) is 9.90 Å². The third-order valence-corrected chi connectivity index (χ3v) is 5.60. The first-order valence-electron chi connectivity index (χ1n) is 10.3. The van der Waals surface area contributed by atoms with Crippen LogP contribution in [-0.2, 0) is 4.79 Å². The van der Waals surface area contributed by atoms with Crippen molar-refractivity contribution in [3.63, 3.8) is 0 Å². The van der Waals surface area contributed by atoms with Gasteiger partial charge in [0.1, 0.15) is 5.75 Å². The normalized spacial score (nSPS) is 15.9. The third kappa shape index (κ3) is 5.58. The Labute approximate surface area is 173 Å². The van der Waals surface area contributed by atoms with Gasteiger partial charge in [-0.2, -0.15) is 0 Å². The lowest BCUT2D eigenvalue weighted by molar-refractivity contribution is -0.121. The van der Waals surface area contributed by atoms with E-state index < -0.39 is 0 Å². The van der Waals surface area contributed by atoms with E-state index in [1.54, 1.807) is 7.11 Å². The average Bonchev–Trinajstić information content (AvgIpc) is 2.74. The van der Waals surface area contributed by atoms with E-state index >= 15 is 0 Å². The number of para-hydroxylation sites is 1. The van der Waals surface area contributed by atoms with Crippen molar-refractivity contribution in [2.24, 2.45) is 11.3 Å².